The van der Waals surface area contributed by atoms with Gasteiger partial charge < -0.3 is 0 Å². The maximum atomic E-state index is 10.7. The van der Waals surface area contributed by atoms with Gasteiger partial charge in [-0.25, -0.2) is 19.8 Å². The summed E-state index contributed by atoms with van der Waals surface area (Å²) < 4.78 is 23.8. The maximum Gasteiger partial charge on any atom is 0.274 e. The van der Waals surface area contributed by atoms with Crippen molar-refractivity contribution in [3.63, 3.8) is 0 Å². The van der Waals surface area contributed by atoms with E-state index in [0.29, 0.717) is 6.54 Å². The van der Waals surface area contributed by atoms with Crippen LogP contribution in [-0.4, -0.2) is 24.9 Å². The summed E-state index contributed by atoms with van der Waals surface area (Å²) in [4.78, 5) is 8.77. The van der Waals surface area contributed by atoms with Crippen molar-refractivity contribution in [3.8, 4) is 0 Å². The van der Waals surface area contributed by atoms with Crippen LogP contribution < -0.4 is 9.86 Å². The van der Waals surface area contributed by atoms with Gasteiger partial charge in [-0.1, -0.05) is 12.8 Å². The van der Waals surface area contributed by atoms with Gasteiger partial charge in [-0.05, 0) is 56.4 Å². The van der Waals surface area contributed by atoms with Crippen LogP contribution in [0, 0.1) is 13.8 Å². The fraction of sp³-hybridized carbons (Fsp3) is 0.500. The minimum atomic E-state index is -3.56. The first-order valence-electron chi connectivity index (χ1n) is 7.85. The van der Waals surface area contributed by atoms with Crippen molar-refractivity contribution < 1.29 is 8.42 Å². The summed E-state index contributed by atoms with van der Waals surface area (Å²) in [5, 5.41) is 6.01. The first-order chi connectivity index (χ1) is 10.9. The van der Waals surface area contributed by atoms with Gasteiger partial charge in [0, 0.05) is 11.9 Å². The summed E-state index contributed by atoms with van der Waals surface area (Å²) in [6.45, 7) is 4.59. The van der Waals surface area contributed by atoms with Crippen molar-refractivity contribution in [2.75, 3.05) is 6.54 Å². The van der Waals surface area contributed by atoms with E-state index in [1.165, 1.54) is 11.1 Å². The molecule has 0 amide bonds. The Bertz CT molecular complexity index is 775. The standard InChI is InChI=1S/C16H24N4O2S/c1-12-9-14-15(18-11-19-16(14)10-13(12)2)7-5-3-4-6-8-20-23(17,21)22/h9-11,20H,3-8H2,1-2H3,(H2,17,21,22). The van der Waals surface area contributed by atoms with Crippen LogP contribution in [0.2, 0.25) is 0 Å². The molecule has 0 fully saturated rings. The van der Waals surface area contributed by atoms with Crippen LogP contribution in [0.25, 0.3) is 10.9 Å². The number of nitrogens with two attached hydrogens (primary N) is 1. The first kappa shape index (κ1) is 17.8. The van der Waals surface area contributed by atoms with Crippen molar-refractivity contribution in [2.45, 2.75) is 46.0 Å². The average molecular weight is 336 g/mol. The molecule has 1 heterocycles. The Kier molecular flexibility index (Phi) is 6.04. The number of aryl methyl sites for hydroxylation is 3. The van der Waals surface area contributed by atoms with Gasteiger partial charge in [0.1, 0.15) is 6.33 Å². The third-order valence-electron chi connectivity index (χ3n) is 3.98. The van der Waals surface area contributed by atoms with E-state index in [4.69, 9.17) is 5.14 Å². The molecule has 0 aliphatic carbocycles. The fourth-order valence-corrected chi connectivity index (χ4v) is 2.98. The van der Waals surface area contributed by atoms with Gasteiger partial charge in [0.25, 0.3) is 10.2 Å². The maximum absolute atomic E-state index is 10.7. The SMILES string of the molecule is Cc1cc2ncnc(CCCCCCNS(N)(=O)=O)c2cc1C. The summed E-state index contributed by atoms with van der Waals surface area (Å²) in [7, 11) is -3.56. The smallest absolute Gasteiger partial charge is 0.241 e. The predicted molar refractivity (Wildman–Crippen MR) is 92.3 cm³/mol. The molecule has 23 heavy (non-hydrogen) atoms. The molecule has 3 N–H and O–H groups in total. The lowest BCUT2D eigenvalue weighted by molar-refractivity contribution is 0.573. The van der Waals surface area contributed by atoms with Crippen LogP contribution >= 0.6 is 0 Å². The lowest BCUT2D eigenvalue weighted by Crippen LogP contribution is -2.31. The van der Waals surface area contributed by atoms with Gasteiger partial charge in [-0.3, -0.25) is 0 Å². The molecule has 0 aliphatic heterocycles. The number of nitrogens with one attached hydrogen (secondary N) is 1. The van der Waals surface area contributed by atoms with E-state index < -0.39 is 10.2 Å². The molecule has 126 valence electrons. The highest BCUT2D eigenvalue weighted by Crippen LogP contribution is 2.21. The second kappa shape index (κ2) is 7.81. The van der Waals surface area contributed by atoms with E-state index in [2.05, 4.69) is 40.7 Å². The van der Waals surface area contributed by atoms with E-state index in [-0.39, 0.29) is 0 Å². The van der Waals surface area contributed by atoms with E-state index in [1.54, 1.807) is 6.33 Å². The van der Waals surface area contributed by atoms with Crippen molar-refractivity contribution >= 4 is 21.1 Å². The normalized spacial score (nSPS) is 12.0. The van der Waals surface area contributed by atoms with Crippen molar-refractivity contribution in [3.05, 3.63) is 35.3 Å². The monoisotopic (exact) mass is 336 g/mol. The second-order valence-corrected chi connectivity index (χ2v) is 7.26. The number of benzene rings is 1. The summed E-state index contributed by atoms with van der Waals surface area (Å²) >= 11 is 0. The third-order valence-corrected chi connectivity index (χ3v) is 4.58. The zero-order valence-corrected chi connectivity index (χ0v) is 14.5. The Balaban J connectivity index is 1.84. The molecule has 0 bridgehead atoms. The molecule has 1 aromatic carbocycles. The number of aromatic nitrogens is 2. The Morgan fingerprint density at radius 2 is 1.74 bits per heavy atom. The predicted octanol–water partition coefficient (Wildman–Crippen LogP) is 2.14. The molecule has 7 heteroatoms. The quantitative estimate of drug-likeness (QED) is 0.722. The van der Waals surface area contributed by atoms with Crippen LogP contribution in [0.15, 0.2) is 18.5 Å². The number of hydrogen-bond donors (Lipinski definition) is 2. The van der Waals surface area contributed by atoms with Crippen LogP contribution in [-0.2, 0) is 16.6 Å². The lowest BCUT2D eigenvalue weighted by Gasteiger charge is -2.08. The number of unbranched alkanes of at least 4 members (excludes halogenated alkanes) is 3. The number of fused-ring (bicyclic) bond motifs is 1. The molecule has 1 aromatic heterocycles. The summed E-state index contributed by atoms with van der Waals surface area (Å²) in [6.07, 6.45) is 6.34. The minimum Gasteiger partial charge on any atom is -0.241 e. The van der Waals surface area contributed by atoms with E-state index >= 15 is 0 Å². The summed E-state index contributed by atoms with van der Waals surface area (Å²) in [5.74, 6) is 0. The van der Waals surface area contributed by atoms with Crippen LogP contribution in [0.3, 0.4) is 0 Å². The van der Waals surface area contributed by atoms with Gasteiger partial charge in [-0.15, -0.1) is 0 Å². The number of nitrogens with zero attached hydrogens (tertiary/aromatic N) is 2. The molecular weight excluding hydrogens is 312 g/mol. The third kappa shape index (κ3) is 5.53. The second-order valence-electron chi connectivity index (χ2n) is 5.88. The zero-order valence-electron chi connectivity index (χ0n) is 13.7. The van der Waals surface area contributed by atoms with Gasteiger partial charge >= 0.3 is 0 Å². The average Bonchev–Trinajstić information content (AvgIpc) is 2.47. The highest BCUT2D eigenvalue weighted by atomic mass is 32.2. The van der Waals surface area contributed by atoms with Crippen LogP contribution in [0.5, 0.6) is 0 Å². The fourth-order valence-electron chi connectivity index (χ4n) is 2.55. The van der Waals surface area contributed by atoms with E-state index in [0.717, 1.165) is 48.7 Å². The van der Waals surface area contributed by atoms with Gasteiger partial charge in [0.05, 0.1) is 11.2 Å². The van der Waals surface area contributed by atoms with E-state index in [9.17, 15) is 8.42 Å². The van der Waals surface area contributed by atoms with Gasteiger partial charge in [0.2, 0.25) is 0 Å². The molecule has 0 aliphatic rings. The lowest BCUT2D eigenvalue weighted by atomic mass is 10.0. The zero-order chi connectivity index (χ0) is 16.9. The molecule has 2 rings (SSSR count). The Labute approximate surface area is 137 Å². The van der Waals surface area contributed by atoms with Crippen LogP contribution in [0.1, 0.15) is 42.5 Å². The highest BCUT2D eigenvalue weighted by molar-refractivity contribution is 7.87. The molecule has 6 nitrogen and oxygen atoms in total. The number of rotatable bonds is 8. The summed E-state index contributed by atoms with van der Waals surface area (Å²) in [6, 6.07) is 4.27. The van der Waals surface area contributed by atoms with Crippen molar-refractivity contribution in [1.29, 1.82) is 0 Å². The molecule has 0 saturated heterocycles. The van der Waals surface area contributed by atoms with Crippen molar-refractivity contribution in [1.82, 2.24) is 14.7 Å². The summed E-state index contributed by atoms with van der Waals surface area (Å²) in [5.41, 5.74) is 4.57. The largest absolute Gasteiger partial charge is 0.274 e. The van der Waals surface area contributed by atoms with Crippen LogP contribution in [0.4, 0.5) is 0 Å². The Morgan fingerprint density at radius 1 is 1.04 bits per heavy atom. The van der Waals surface area contributed by atoms with Crippen molar-refractivity contribution in [2.24, 2.45) is 5.14 Å². The molecule has 0 unspecified atom stereocenters. The molecule has 0 saturated carbocycles. The highest BCUT2D eigenvalue weighted by Gasteiger charge is 2.06. The van der Waals surface area contributed by atoms with E-state index in [1.807, 2.05) is 0 Å². The first-order valence-corrected chi connectivity index (χ1v) is 9.39. The van der Waals surface area contributed by atoms with Gasteiger partial charge in [0.15, 0.2) is 0 Å². The molecule has 0 spiro atoms. The van der Waals surface area contributed by atoms with Gasteiger partial charge in [-0.2, -0.15) is 8.42 Å². The Hall–Kier alpha value is -1.57. The molecule has 0 radical (unpaired) electrons. The number of hydrogen-bond acceptors (Lipinski definition) is 4. The topological polar surface area (TPSA) is 98.0 Å². The molecule has 0 atom stereocenters. The molecule has 2 aromatic rings. The minimum absolute atomic E-state index is 0.397. The molecular formula is C16H24N4O2S. The Morgan fingerprint density at radius 3 is 2.48 bits per heavy atom.